The fourth-order valence-corrected chi connectivity index (χ4v) is 2.73. The molecule has 1 N–H and O–H groups in total. The molecule has 0 fully saturated rings. The molecular formula is C19H21NO3. The predicted molar refractivity (Wildman–Crippen MR) is 91.1 cm³/mol. The Morgan fingerprint density at radius 2 is 1.96 bits per heavy atom. The summed E-state index contributed by atoms with van der Waals surface area (Å²) >= 11 is 0. The summed E-state index contributed by atoms with van der Waals surface area (Å²) in [5.41, 5.74) is 3.82. The summed E-state index contributed by atoms with van der Waals surface area (Å²) in [6.45, 7) is 4.88. The summed E-state index contributed by atoms with van der Waals surface area (Å²) in [4.78, 5) is 11.6. The van der Waals surface area contributed by atoms with E-state index in [0.29, 0.717) is 18.9 Å². The molecule has 2 aromatic rings. The minimum Gasteiger partial charge on any atom is -0.496 e. The molecule has 2 aromatic carbocycles. The number of hydrogen-bond acceptors (Lipinski definition) is 3. The zero-order chi connectivity index (χ0) is 16.4. The molecule has 0 unspecified atom stereocenters. The van der Waals surface area contributed by atoms with Gasteiger partial charge >= 0.3 is 0 Å². The highest BCUT2D eigenvalue weighted by Gasteiger charge is 2.20. The van der Waals surface area contributed by atoms with Crippen molar-refractivity contribution in [1.29, 1.82) is 0 Å². The van der Waals surface area contributed by atoms with E-state index in [-0.39, 0.29) is 5.91 Å². The predicted octanol–water partition coefficient (Wildman–Crippen LogP) is 3.89. The monoisotopic (exact) mass is 311 g/mol. The van der Waals surface area contributed by atoms with E-state index in [4.69, 9.17) is 9.47 Å². The van der Waals surface area contributed by atoms with Crippen molar-refractivity contribution in [2.45, 2.75) is 20.3 Å². The molecule has 1 amide bonds. The molecule has 0 aromatic heterocycles. The first-order valence-corrected chi connectivity index (χ1v) is 7.81. The highest BCUT2D eigenvalue weighted by atomic mass is 16.5. The molecular weight excluding hydrogens is 290 g/mol. The third-order valence-electron chi connectivity index (χ3n) is 3.80. The quantitative estimate of drug-likeness (QED) is 0.911. The number of carbonyl (C=O) groups excluding carboxylic acids is 1. The largest absolute Gasteiger partial charge is 0.496 e. The lowest BCUT2D eigenvalue weighted by Gasteiger charge is -2.16. The Labute approximate surface area is 136 Å². The summed E-state index contributed by atoms with van der Waals surface area (Å²) in [7, 11) is 1.66. The van der Waals surface area contributed by atoms with Crippen LogP contribution in [-0.2, 0) is 11.2 Å². The van der Waals surface area contributed by atoms with Crippen LogP contribution < -0.4 is 14.8 Å². The standard InChI is InChI=1S/C19H21NO3/c1-12(2)11-23-17-6-4-5-16(22-3)19(17)13-7-8-15-14(9-13)10-18(21)20-15/h4-9,12H,10-11H2,1-3H3,(H,20,21). The number of nitrogens with one attached hydrogen (secondary N) is 1. The number of methoxy groups -OCH3 is 1. The van der Waals surface area contributed by atoms with Gasteiger partial charge in [0.1, 0.15) is 11.5 Å². The SMILES string of the molecule is COc1cccc(OCC(C)C)c1-c1ccc2c(c1)CC(=O)N2. The third kappa shape index (κ3) is 3.16. The van der Waals surface area contributed by atoms with Gasteiger partial charge in [0.15, 0.2) is 0 Å². The number of anilines is 1. The van der Waals surface area contributed by atoms with Crippen LogP contribution in [0.5, 0.6) is 11.5 Å². The van der Waals surface area contributed by atoms with Crippen LogP contribution >= 0.6 is 0 Å². The number of amides is 1. The van der Waals surface area contributed by atoms with Crippen molar-refractivity contribution in [2.75, 3.05) is 19.0 Å². The highest BCUT2D eigenvalue weighted by Crippen LogP contribution is 2.40. The van der Waals surface area contributed by atoms with Gasteiger partial charge in [-0.25, -0.2) is 0 Å². The van der Waals surface area contributed by atoms with Gasteiger partial charge in [0.05, 0.1) is 25.7 Å². The van der Waals surface area contributed by atoms with E-state index in [9.17, 15) is 4.79 Å². The maximum absolute atomic E-state index is 11.6. The Morgan fingerprint density at radius 1 is 1.17 bits per heavy atom. The lowest BCUT2D eigenvalue weighted by atomic mass is 10.00. The number of carbonyl (C=O) groups is 1. The van der Waals surface area contributed by atoms with E-state index in [1.165, 1.54) is 0 Å². The molecule has 0 bridgehead atoms. The average molecular weight is 311 g/mol. The molecule has 120 valence electrons. The van der Waals surface area contributed by atoms with Gasteiger partial charge in [0.2, 0.25) is 5.91 Å². The first kappa shape index (κ1) is 15.4. The Hall–Kier alpha value is -2.49. The molecule has 0 spiro atoms. The smallest absolute Gasteiger partial charge is 0.228 e. The van der Waals surface area contributed by atoms with Crippen LogP contribution in [0.15, 0.2) is 36.4 Å². The van der Waals surface area contributed by atoms with Crippen molar-refractivity contribution in [3.05, 3.63) is 42.0 Å². The van der Waals surface area contributed by atoms with Crippen LogP contribution in [0.3, 0.4) is 0 Å². The molecule has 23 heavy (non-hydrogen) atoms. The van der Waals surface area contributed by atoms with Gasteiger partial charge < -0.3 is 14.8 Å². The van der Waals surface area contributed by atoms with E-state index in [2.05, 4.69) is 19.2 Å². The van der Waals surface area contributed by atoms with Crippen molar-refractivity contribution in [3.63, 3.8) is 0 Å². The van der Waals surface area contributed by atoms with E-state index in [0.717, 1.165) is 33.9 Å². The zero-order valence-electron chi connectivity index (χ0n) is 13.7. The summed E-state index contributed by atoms with van der Waals surface area (Å²) in [5.74, 6) is 2.04. The lowest BCUT2D eigenvalue weighted by Crippen LogP contribution is -2.05. The molecule has 3 rings (SSSR count). The van der Waals surface area contributed by atoms with Crippen molar-refractivity contribution in [1.82, 2.24) is 0 Å². The molecule has 4 heteroatoms. The van der Waals surface area contributed by atoms with E-state index >= 15 is 0 Å². The molecule has 4 nitrogen and oxygen atoms in total. The second-order valence-electron chi connectivity index (χ2n) is 6.14. The molecule has 0 saturated carbocycles. The van der Waals surface area contributed by atoms with Crippen molar-refractivity contribution >= 4 is 11.6 Å². The summed E-state index contributed by atoms with van der Waals surface area (Å²) < 4.78 is 11.5. The van der Waals surface area contributed by atoms with E-state index in [1.54, 1.807) is 7.11 Å². The number of ether oxygens (including phenoxy) is 2. The Bertz CT molecular complexity index is 737. The minimum atomic E-state index is 0.0356. The molecule has 1 aliphatic rings. The molecule has 0 aliphatic carbocycles. The second kappa shape index (κ2) is 6.32. The summed E-state index contributed by atoms with van der Waals surface area (Å²) in [6, 6.07) is 11.8. The number of rotatable bonds is 5. The van der Waals surface area contributed by atoms with Crippen molar-refractivity contribution in [2.24, 2.45) is 5.92 Å². The first-order chi connectivity index (χ1) is 11.1. The van der Waals surface area contributed by atoms with Crippen LogP contribution in [0.25, 0.3) is 11.1 Å². The maximum Gasteiger partial charge on any atom is 0.228 e. The first-order valence-electron chi connectivity index (χ1n) is 7.81. The molecule has 0 radical (unpaired) electrons. The van der Waals surface area contributed by atoms with Crippen LogP contribution in [-0.4, -0.2) is 19.6 Å². The Kier molecular flexibility index (Phi) is 4.24. The molecule has 1 heterocycles. The van der Waals surface area contributed by atoms with Gasteiger partial charge in [-0.3, -0.25) is 4.79 Å². The molecule has 0 saturated heterocycles. The third-order valence-corrected chi connectivity index (χ3v) is 3.80. The van der Waals surface area contributed by atoms with Crippen molar-refractivity contribution < 1.29 is 14.3 Å². The highest BCUT2D eigenvalue weighted by molar-refractivity contribution is 6.00. The van der Waals surface area contributed by atoms with E-state index in [1.807, 2.05) is 36.4 Å². The zero-order valence-corrected chi connectivity index (χ0v) is 13.7. The summed E-state index contributed by atoms with van der Waals surface area (Å²) in [5, 5.41) is 2.86. The molecule has 1 aliphatic heterocycles. The topological polar surface area (TPSA) is 47.6 Å². The van der Waals surface area contributed by atoms with Crippen LogP contribution in [0.1, 0.15) is 19.4 Å². The number of fused-ring (bicyclic) bond motifs is 1. The summed E-state index contributed by atoms with van der Waals surface area (Å²) in [6.07, 6.45) is 0.417. The second-order valence-corrected chi connectivity index (χ2v) is 6.14. The van der Waals surface area contributed by atoms with Crippen LogP contribution in [0.2, 0.25) is 0 Å². The van der Waals surface area contributed by atoms with Gasteiger partial charge in [0, 0.05) is 5.69 Å². The fourth-order valence-electron chi connectivity index (χ4n) is 2.73. The van der Waals surface area contributed by atoms with E-state index < -0.39 is 0 Å². The van der Waals surface area contributed by atoms with Crippen LogP contribution in [0, 0.1) is 5.92 Å². The van der Waals surface area contributed by atoms with Gasteiger partial charge in [-0.1, -0.05) is 26.0 Å². The fraction of sp³-hybridized carbons (Fsp3) is 0.316. The number of benzene rings is 2. The van der Waals surface area contributed by atoms with Gasteiger partial charge in [-0.15, -0.1) is 0 Å². The Balaban J connectivity index is 2.04. The molecule has 0 atom stereocenters. The van der Waals surface area contributed by atoms with Gasteiger partial charge in [0.25, 0.3) is 0 Å². The minimum absolute atomic E-state index is 0.0356. The average Bonchev–Trinajstić information content (AvgIpc) is 2.91. The maximum atomic E-state index is 11.6. The van der Waals surface area contributed by atoms with Crippen molar-refractivity contribution in [3.8, 4) is 22.6 Å². The lowest BCUT2D eigenvalue weighted by molar-refractivity contribution is -0.115. The van der Waals surface area contributed by atoms with Gasteiger partial charge in [-0.2, -0.15) is 0 Å². The van der Waals surface area contributed by atoms with Gasteiger partial charge in [-0.05, 0) is 41.3 Å². The Morgan fingerprint density at radius 3 is 2.70 bits per heavy atom. The number of hydrogen-bond donors (Lipinski definition) is 1. The van der Waals surface area contributed by atoms with Crippen LogP contribution in [0.4, 0.5) is 5.69 Å². The normalized spacial score (nSPS) is 13.0.